The monoisotopic (exact) mass is 327 g/mol. The summed E-state index contributed by atoms with van der Waals surface area (Å²) in [6.45, 7) is 4.64. The molecule has 122 valence electrons. The molecule has 1 aliphatic rings. The summed E-state index contributed by atoms with van der Waals surface area (Å²) in [6, 6.07) is 1.84. The fraction of sp³-hybridized carbons (Fsp3) is 0.643. The molecule has 7 nitrogen and oxygen atoms in total. The van der Waals surface area contributed by atoms with Crippen molar-refractivity contribution < 1.29 is 17.9 Å². The highest BCUT2D eigenvalue weighted by Crippen LogP contribution is 2.21. The zero-order valence-corrected chi connectivity index (χ0v) is 13.8. The molecule has 1 fully saturated rings. The van der Waals surface area contributed by atoms with Gasteiger partial charge in [-0.05, 0) is 5.92 Å². The minimum Gasteiger partial charge on any atom is -0.469 e. The summed E-state index contributed by atoms with van der Waals surface area (Å²) >= 11 is 0. The molecule has 2 heterocycles. The van der Waals surface area contributed by atoms with Gasteiger partial charge in [0.1, 0.15) is 12.1 Å². The Labute approximate surface area is 130 Å². The number of hydrogen-bond donors (Lipinski definition) is 0. The third kappa shape index (κ3) is 3.94. The fourth-order valence-corrected chi connectivity index (χ4v) is 3.94. The number of rotatable bonds is 3. The minimum absolute atomic E-state index is 0.00150. The maximum atomic E-state index is 12.0. The Morgan fingerprint density at radius 3 is 2.77 bits per heavy atom. The second-order valence-electron chi connectivity index (χ2n) is 5.74. The molecule has 2 rings (SSSR count). The number of aromatic nitrogens is 2. The summed E-state index contributed by atoms with van der Waals surface area (Å²) in [5.74, 6) is -0.498. The van der Waals surface area contributed by atoms with Crippen LogP contribution in [0.15, 0.2) is 12.4 Å². The van der Waals surface area contributed by atoms with Crippen molar-refractivity contribution in [2.75, 3.05) is 36.6 Å². The van der Waals surface area contributed by atoms with Crippen LogP contribution in [0.25, 0.3) is 0 Å². The van der Waals surface area contributed by atoms with Gasteiger partial charge >= 0.3 is 5.97 Å². The van der Waals surface area contributed by atoms with Crippen LogP contribution < -0.4 is 4.90 Å². The Morgan fingerprint density at radius 1 is 1.41 bits per heavy atom. The van der Waals surface area contributed by atoms with E-state index >= 15 is 0 Å². The predicted molar refractivity (Wildman–Crippen MR) is 82.5 cm³/mol. The molecule has 1 aromatic heterocycles. The zero-order valence-electron chi connectivity index (χ0n) is 13.0. The lowest BCUT2D eigenvalue weighted by molar-refractivity contribution is -0.144. The zero-order chi connectivity index (χ0) is 16.3. The maximum absolute atomic E-state index is 12.0. The lowest BCUT2D eigenvalue weighted by atomic mass is 10.1. The van der Waals surface area contributed by atoms with E-state index in [9.17, 15) is 13.2 Å². The third-order valence-electron chi connectivity index (χ3n) is 3.69. The van der Waals surface area contributed by atoms with Gasteiger partial charge in [-0.15, -0.1) is 0 Å². The largest absolute Gasteiger partial charge is 0.469 e. The maximum Gasteiger partial charge on any atom is 0.311 e. The molecule has 22 heavy (non-hydrogen) atoms. The first-order valence-electron chi connectivity index (χ1n) is 7.17. The van der Waals surface area contributed by atoms with Crippen LogP contribution in [0.4, 0.5) is 5.82 Å². The lowest BCUT2D eigenvalue weighted by Gasteiger charge is -2.24. The van der Waals surface area contributed by atoms with Crippen LogP contribution >= 0.6 is 0 Å². The molecule has 0 radical (unpaired) electrons. The molecule has 0 unspecified atom stereocenters. The molecule has 1 aromatic rings. The van der Waals surface area contributed by atoms with Gasteiger partial charge in [-0.2, -0.15) is 0 Å². The van der Waals surface area contributed by atoms with Crippen molar-refractivity contribution in [3.63, 3.8) is 0 Å². The Balaban J connectivity index is 2.30. The van der Waals surface area contributed by atoms with Crippen molar-refractivity contribution in [3.05, 3.63) is 18.1 Å². The van der Waals surface area contributed by atoms with Crippen molar-refractivity contribution >= 4 is 21.6 Å². The molecule has 1 aliphatic heterocycles. The molecule has 1 atom stereocenters. The van der Waals surface area contributed by atoms with E-state index in [0.29, 0.717) is 12.4 Å². The summed E-state index contributed by atoms with van der Waals surface area (Å²) in [5, 5.41) is 0. The number of carbonyl (C=O) groups is 1. The number of sulfone groups is 1. The topological polar surface area (TPSA) is 89.5 Å². The summed E-state index contributed by atoms with van der Waals surface area (Å²) in [4.78, 5) is 22.1. The van der Waals surface area contributed by atoms with Crippen LogP contribution in [0, 0.1) is 5.92 Å². The molecule has 0 spiro atoms. The van der Waals surface area contributed by atoms with Crippen LogP contribution in [0.5, 0.6) is 0 Å². The van der Waals surface area contributed by atoms with Gasteiger partial charge in [-0.3, -0.25) is 4.79 Å². The number of nitrogens with zero attached hydrogens (tertiary/aromatic N) is 3. The summed E-state index contributed by atoms with van der Waals surface area (Å²) in [7, 11) is -2.01. The van der Waals surface area contributed by atoms with E-state index in [1.54, 1.807) is 0 Å². The first-order valence-corrected chi connectivity index (χ1v) is 8.99. The van der Waals surface area contributed by atoms with Gasteiger partial charge in [0.05, 0.1) is 24.5 Å². The minimum atomic E-state index is -3.28. The highest BCUT2D eigenvalue weighted by Gasteiger charge is 2.32. The van der Waals surface area contributed by atoms with Gasteiger partial charge in [0.2, 0.25) is 0 Å². The Kier molecular flexibility index (Phi) is 5.00. The van der Waals surface area contributed by atoms with Crippen LogP contribution in [-0.2, 0) is 19.4 Å². The van der Waals surface area contributed by atoms with E-state index < -0.39 is 21.7 Å². The molecular formula is C14H21N3O4S. The van der Waals surface area contributed by atoms with E-state index in [2.05, 4.69) is 9.97 Å². The van der Waals surface area contributed by atoms with E-state index in [1.807, 2.05) is 24.8 Å². The number of carbonyl (C=O) groups excluding carboxylic acids is 1. The van der Waals surface area contributed by atoms with Gasteiger partial charge in [-0.1, -0.05) is 13.8 Å². The average Bonchev–Trinajstić information content (AvgIpc) is 2.65. The second kappa shape index (κ2) is 6.60. The molecule has 0 aromatic carbocycles. The SMILES string of the molecule is COC(=O)[C@H]1CN(c2cc(C(C)C)ncn2)CCS(=O)(=O)C1. The van der Waals surface area contributed by atoms with Crippen LogP contribution in [0.3, 0.4) is 0 Å². The van der Waals surface area contributed by atoms with Crippen LogP contribution in [0.1, 0.15) is 25.5 Å². The van der Waals surface area contributed by atoms with Gasteiger partial charge < -0.3 is 9.64 Å². The number of methoxy groups -OCH3 is 1. The third-order valence-corrected chi connectivity index (χ3v) is 5.41. The molecule has 0 aliphatic carbocycles. The fourth-order valence-electron chi connectivity index (χ4n) is 2.42. The van der Waals surface area contributed by atoms with Crippen molar-refractivity contribution in [2.45, 2.75) is 19.8 Å². The van der Waals surface area contributed by atoms with Gasteiger partial charge in [-0.25, -0.2) is 18.4 Å². The highest BCUT2D eigenvalue weighted by atomic mass is 32.2. The first-order chi connectivity index (χ1) is 10.3. The molecular weight excluding hydrogens is 306 g/mol. The van der Waals surface area contributed by atoms with E-state index in [1.165, 1.54) is 13.4 Å². The molecule has 0 saturated carbocycles. The molecule has 0 N–H and O–H groups in total. The smallest absolute Gasteiger partial charge is 0.311 e. The lowest BCUT2D eigenvalue weighted by Crippen LogP contribution is -2.34. The standard InChI is InChI=1S/C14H21N3O4S/c1-10(2)12-6-13(16-9-15-12)17-4-5-22(19,20)8-11(7-17)14(18)21-3/h6,9-11H,4-5,7-8H2,1-3H3/t11-/m0/s1. The molecule has 0 bridgehead atoms. The second-order valence-corrected chi connectivity index (χ2v) is 7.96. The number of anilines is 1. The van der Waals surface area contributed by atoms with Crippen molar-refractivity contribution in [1.82, 2.24) is 9.97 Å². The van der Waals surface area contributed by atoms with Gasteiger partial charge in [0, 0.05) is 24.8 Å². The number of esters is 1. The van der Waals surface area contributed by atoms with E-state index in [0.717, 1.165) is 5.69 Å². The Bertz CT molecular complexity index is 645. The van der Waals surface area contributed by atoms with Crippen LogP contribution in [-0.4, -0.2) is 56.1 Å². The van der Waals surface area contributed by atoms with Crippen molar-refractivity contribution in [1.29, 1.82) is 0 Å². The average molecular weight is 327 g/mol. The molecule has 0 amide bonds. The Hall–Kier alpha value is -1.70. The normalized spacial score (nSPS) is 21.5. The number of hydrogen-bond acceptors (Lipinski definition) is 7. The van der Waals surface area contributed by atoms with Crippen molar-refractivity contribution in [3.8, 4) is 0 Å². The first kappa shape index (κ1) is 16.7. The van der Waals surface area contributed by atoms with E-state index in [-0.39, 0.29) is 24.0 Å². The summed E-state index contributed by atoms with van der Waals surface area (Å²) in [5.41, 5.74) is 0.881. The van der Waals surface area contributed by atoms with Crippen LogP contribution in [0.2, 0.25) is 0 Å². The Morgan fingerprint density at radius 2 is 2.14 bits per heavy atom. The quantitative estimate of drug-likeness (QED) is 0.752. The van der Waals surface area contributed by atoms with Gasteiger partial charge in [0.25, 0.3) is 0 Å². The summed E-state index contributed by atoms with van der Waals surface area (Å²) in [6.07, 6.45) is 1.47. The predicted octanol–water partition coefficient (Wildman–Crippen LogP) is 0.624. The molecule has 8 heteroatoms. The highest BCUT2D eigenvalue weighted by molar-refractivity contribution is 7.91. The van der Waals surface area contributed by atoms with Gasteiger partial charge in [0.15, 0.2) is 9.84 Å². The van der Waals surface area contributed by atoms with E-state index in [4.69, 9.17) is 4.74 Å². The number of ether oxygens (including phenoxy) is 1. The summed E-state index contributed by atoms with van der Waals surface area (Å²) < 4.78 is 28.7. The molecule has 1 saturated heterocycles. The van der Waals surface area contributed by atoms with Crippen molar-refractivity contribution in [2.24, 2.45) is 5.92 Å².